The third-order valence-electron chi connectivity index (χ3n) is 5.76. The number of nitrogens with one attached hydrogen (secondary N) is 1. The van der Waals surface area contributed by atoms with E-state index in [4.69, 9.17) is 30.3 Å². The minimum atomic E-state index is -4.13. The Kier molecular flexibility index (Phi) is 5.94. The largest absolute Gasteiger partial charge is 0.456 e. The van der Waals surface area contributed by atoms with Crippen molar-refractivity contribution >= 4 is 48.9 Å². The minimum absolute atomic E-state index is 0.105. The van der Waals surface area contributed by atoms with Gasteiger partial charge in [-0.05, 0) is 42.8 Å². The standard InChI is InChI=1S/C26H19ClN2O6S2/c1-15-23(27)26(35-28-15)29-37(30,31)25-18-8-5-9-20(34-17-6-3-2-4-7-17)24(18)36-22(25)13-16-10-11-19-21(12-16)33-14-32-19/h2-12,29H,13-14H2,1H3. The van der Waals surface area contributed by atoms with Gasteiger partial charge >= 0.3 is 0 Å². The fourth-order valence-electron chi connectivity index (χ4n) is 4.06. The Morgan fingerprint density at radius 1 is 1.05 bits per heavy atom. The summed E-state index contributed by atoms with van der Waals surface area (Å²) in [7, 11) is -4.13. The molecule has 0 radical (unpaired) electrons. The quantitative estimate of drug-likeness (QED) is 0.237. The topological polar surface area (TPSA) is 99.9 Å². The van der Waals surface area contributed by atoms with Gasteiger partial charge in [-0.1, -0.05) is 53.2 Å². The zero-order valence-corrected chi connectivity index (χ0v) is 21.7. The summed E-state index contributed by atoms with van der Waals surface area (Å²) >= 11 is 7.56. The lowest BCUT2D eigenvalue weighted by Gasteiger charge is -2.09. The van der Waals surface area contributed by atoms with Gasteiger partial charge in [0.1, 0.15) is 27.1 Å². The molecule has 2 aromatic heterocycles. The molecule has 0 saturated carbocycles. The van der Waals surface area contributed by atoms with Gasteiger partial charge in [-0.2, -0.15) is 0 Å². The van der Waals surface area contributed by atoms with E-state index in [0.717, 1.165) is 5.56 Å². The van der Waals surface area contributed by atoms with E-state index < -0.39 is 10.0 Å². The Bertz CT molecular complexity index is 1730. The second-order valence-electron chi connectivity index (χ2n) is 8.28. The van der Waals surface area contributed by atoms with Crippen LogP contribution in [-0.4, -0.2) is 20.4 Å². The summed E-state index contributed by atoms with van der Waals surface area (Å²) < 4.78 is 52.9. The number of sulfonamides is 1. The lowest BCUT2D eigenvalue weighted by atomic mass is 10.1. The van der Waals surface area contributed by atoms with Gasteiger partial charge in [0.25, 0.3) is 15.9 Å². The third-order valence-corrected chi connectivity index (χ3v) is 9.01. The van der Waals surface area contributed by atoms with Crippen molar-refractivity contribution in [3.05, 3.63) is 87.9 Å². The Morgan fingerprint density at radius 3 is 2.65 bits per heavy atom. The number of fused-ring (bicyclic) bond motifs is 2. The molecule has 1 N–H and O–H groups in total. The van der Waals surface area contributed by atoms with Crippen molar-refractivity contribution in [1.29, 1.82) is 0 Å². The van der Waals surface area contributed by atoms with E-state index >= 15 is 0 Å². The highest BCUT2D eigenvalue weighted by molar-refractivity contribution is 7.93. The maximum Gasteiger partial charge on any atom is 0.266 e. The van der Waals surface area contributed by atoms with E-state index in [1.807, 2.05) is 54.6 Å². The zero-order chi connectivity index (χ0) is 25.6. The Labute approximate surface area is 221 Å². The van der Waals surface area contributed by atoms with Crippen molar-refractivity contribution in [3.63, 3.8) is 0 Å². The van der Waals surface area contributed by atoms with Gasteiger partial charge in [0.2, 0.25) is 6.79 Å². The molecule has 5 aromatic rings. The Hall–Kier alpha value is -3.73. The smallest absolute Gasteiger partial charge is 0.266 e. The van der Waals surface area contributed by atoms with E-state index in [1.165, 1.54) is 11.3 Å². The van der Waals surface area contributed by atoms with Gasteiger partial charge in [-0.25, -0.2) is 13.1 Å². The minimum Gasteiger partial charge on any atom is -0.456 e. The number of aromatic nitrogens is 1. The number of halogens is 1. The fourth-order valence-corrected chi connectivity index (χ4v) is 7.24. The molecule has 0 unspecified atom stereocenters. The number of hydrogen-bond donors (Lipinski definition) is 1. The van der Waals surface area contributed by atoms with Crippen LogP contribution in [0.15, 0.2) is 76.1 Å². The molecule has 8 nitrogen and oxygen atoms in total. The number of anilines is 1. The monoisotopic (exact) mass is 554 g/mol. The van der Waals surface area contributed by atoms with E-state index in [9.17, 15) is 8.42 Å². The van der Waals surface area contributed by atoms with Crippen LogP contribution in [0.3, 0.4) is 0 Å². The fraction of sp³-hybridized carbons (Fsp3) is 0.115. The van der Waals surface area contributed by atoms with Crippen LogP contribution in [0.25, 0.3) is 10.1 Å². The first-order valence-corrected chi connectivity index (χ1v) is 13.9. The van der Waals surface area contributed by atoms with E-state index in [2.05, 4.69) is 9.88 Å². The molecule has 6 rings (SSSR count). The highest BCUT2D eigenvalue weighted by atomic mass is 35.5. The number of benzene rings is 3. The molecule has 3 heterocycles. The summed E-state index contributed by atoms with van der Waals surface area (Å²) in [5, 5.41) is 4.38. The second-order valence-corrected chi connectivity index (χ2v) is 11.4. The molecule has 3 aromatic carbocycles. The predicted molar refractivity (Wildman–Crippen MR) is 141 cm³/mol. The number of thiophene rings is 1. The summed E-state index contributed by atoms with van der Waals surface area (Å²) in [4.78, 5) is 0.728. The molecular weight excluding hydrogens is 536 g/mol. The molecule has 0 aliphatic carbocycles. The van der Waals surface area contributed by atoms with E-state index in [-0.39, 0.29) is 22.6 Å². The van der Waals surface area contributed by atoms with Gasteiger partial charge in [0.15, 0.2) is 11.5 Å². The van der Waals surface area contributed by atoms with Crippen molar-refractivity contribution in [2.45, 2.75) is 18.2 Å². The SMILES string of the molecule is Cc1noc(NS(=O)(=O)c2c(Cc3ccc4c(c3)OCO4)sc3c(Oc4ccccc4)cccc23)c1Cl. The average molecular weight is 555 g/mol. The van der Waals surface area contributed by atoms with Crippen LogP contribution in [0.1, 0.15) is 16.1 Å². The first-order valence-electron chi connectivity index (χ1n) is 11.2. The van der Waals surface area contributed by atoms with Gasteiger partial charge in [0.05, 0.1) is 4.70 Å². The van der Waals surface area contributed by atoms with Crippen molar-refractivity contribution in [2.24, 2.45) is 0 Å². The van der Waals surface area contributed by atoms with Crippen molar-refractivity contribution < 1.29 is 27.2 Å². The van der Waals surface area contributed by atoms with Crippen molar-refractivity contribution in [3.8, 4) is 23.0 Å². The Morgan fingerprint density at radius 2 is 1.86 bits per heavy atom. The van der Waals surface area contributed by atoms with Crippen molar-refractivity contribution in [1.82, 2.24) is 5.16 Å². The molecule has 0 saturated heterocycles. The first kappa shape index (κ1) is 23.7. The van der Waals surface area contributed by atoms with Gasteiger partial charge < -0.3 is 18.7 Å². The Balaban J connectivity index is 1.48. The average Bonchev–Trinajstić information content (AvgIpc) is 3.58. The number of aryl methyl sites for hydroxylation is 1. The summed E-state index contributed by atoms with van der Waals surface area (Å²) in [5.41, 5.74) is 1.25. The van der Waals surface area contributed by atoms with Crippen LogP contribution in [0.2, 0.25) is 5.02 Å². The molecule has 37 heavy (non-hydrogen) atoms. The molecule has 0 spiro atoms. The molecule has 0 bridgehead atoms. The number of para-hydroxylation sites is 1. The maximum atomic E-state index is 13.8. The molecule has 11 heteroatoms. The van der Waals surface area contributed by atoms with Gasteiger partial charge in [0, 0.05) is 16.7 Å². The summed E-state index contributed by atoms with van der Waals surface area (Å²) in [6.07, 6.45) is 0.334. The van der Waals surface area contributed by atoms with Crippen LogP contribution in [0.5, 0.6) is 23.0 Å². The molecule has 0 fully saturated rings. The van der Waals surface area contributed by atoms with Gasteiger partial charge in [-0.3, -0.25) is 0 Å². The lowest BCUT2D eigenvalue weighted by molar-refractivity contribution is 0.174. The van der Waals surface area contributed by atoms with Gasteiger partial charge in [-0.15, -0.1) is 11.3 Å². The summed E-state index contributed by atoms with van der Waals surface area (Å²) in [6.45, 7) is 1.78. The molecule has 1 aliphatic heterocycles. The van der Waals surface area contributed by atoms with Crippen LogP contribution in [-0.2, 0) is 16.4 Å². The van der Waals surface area contributed by atoms with Crippen LogP contribution in [0.4, 0.5) is 5.88 Å². The lowest BCUT2D eigenvalue weighted by Crippen LogP contribution is -2.14. The van der Waals surface area contributed by atoms with Crippen LogP contribution in [0, 0.1) is 6.92 Å². The first-order chi connectivity index (χ1) is 17.9. The molecular formula is C26H19ClN2O6S2. The maximum absolute atomic E-state index is 13.8. The number of nitrogens with zero attached hydrogens (tertiary/aromatic N) is 1. The van der Waals surface area contributed by atoms with Crippen molar-refractivity contribution in [2.75, 3.05) is 11.5 Å². The normalized spacial score (nSPS) is 12.7. The second kappa shape index (κ2) is 9.29. The highest BCUT2D eigenvalue weighted by Gasteiger charge is 2.29. The van der Waals surface area contributed by atoms with Crippen LogP contribution >= 0.6 is 22.9 Å². The van der Waals surface area contributed by atoms with E-state index in [0.29, 0.717) is 50.1 Å². The number of hydrogen-bond acceptors (Lipinski definition) is 8. The van der Waals surface area contributed by atoms with Crippen LogP contribution < -0.4 is 18.9 Å². The number of ether oxygens (including phenoxy) is 3. The molecule has 188 valence electrons. The summed E-state index contributed by atoms with van der Waals surface area (Å²) in [5.74, 6) is 2.34. The number of rotatable bonds is 7. The molecule has 0 atom stereocenters. The molecule has 1 aliphatic rings. The highest BCUT2D eigenvalue weighted by Crippen LogP contribution is 2.44. The summed E-state index contributed by atoms with van der Waals surface area (Å²) in [6, 6.07) is 20.2. The predicted octanol–water partition coefficient (Wildman–Crippen LogP) is 6.76. The zero-order valence-electron chi connectivity index (χ0n) is 19.4. The van der Waals surface area contributed by atoms with E-state index in [1.54, 1.807) is 19.1 Å². The molecule has 0 amide bonds. The third kappa shape index (κ3) is 4.48.